The Bertz CT molecular complexity index is 37.8. The third-order valence-corrected chi connectivity index (χ3v) is 0.548. The van der Waals surface area contributed by atoms with Crippen LogP contribution in [0.4, 0.5) is 0 Å². The second-order valence-electron chi connectivity index (χ2n) is 0.986. The molecule has 0 aromatic heterocycles. The van der Waals surface area contributed by atoms with Crippen molar-refractivity contribution in [3.8, 4) is 0 Å². The predicted octanol–water partition coefficient (Wildman–Crippen LogP) is 0.382. The number of nitrogens with zero attached hydrogens (tertiary/aromatic N) is 1. The van der Waals surface area contributed by atoms with Crippen molar-refractivity contribution >= 4 is 17.7 Å². The molecular formula is C3H6NSSm-. The Morgan fingerprint density at radius 3 is 1.67 bits per heavy atom. The average molecular weight is 239 g/mol. The van der Waals surface area contributed by atoms with Crippen molar-refractivity contribution in [3.63, 3.8) is 0 Å². The maximum atomic E-state index is 4.35. The summed E-state index contributed by atoms with van der Waals surface area (Å²) in [4.78, 5) is 1.69. The van der Waals surface area contributed by atoms with Gasteiger partial charge in [0.1, 0.15) is 0 Å². The Labute approximate surface area is 76.2 Å². The van der Waals surface area contributed by atoms with Crippen LogP contribution in [0, 0.1) is 40.4 Å². The largest absolute Gasteiger partial charge is 0.549 e. The van der Waals surface area contributed by atoms with E-state index in [2.05, 4.69) is 17.7 Å². The zero-order chi connectivity index (χ0) is 4.28. The van der Waals surface area contributed by atoms with Crippen LogP contribution in [0.15, 0.2) is 0 Å². The molecule has 0 atom stereocenters. The van der Waals surface area contributed by atoms with E-state index in [1.165, 1.54) is 0 Å². The summed E-state index contributed by atoms with van der Waals surface area (Å²) in [6.45, 7) is 0. The van der Waals surface area contributed by atoms with Crippen molar-refractivity contribution in [1.82, 2.24) is 4.90 Å². The van der Waals surface area contributed by atoms with Crippen molar-refractivity contribution in [1.29, 1.82) is 0 Å². The molecule has 36 valence electrons. The Morgan fingerprint density at radius 1 is 1.50 bits per heavy atom. The molecule has 0 heterocycles. The van der Waals surface area contributed by atoms with Gasteiger partial charge in [0.15, 0.2) is 0 Å². The van der Waals surface area contributed by atoms with E-state index in [0.717, 1.165) is 0 Å². The zero-order valence-electron chi connectivity index (χ0n) is 3.76. The van der Waals surface area contributed by atoms with E-state index in [9.17, 15) is 0 Å². The van der Waals surface area contributed by atoms with E-state index in [1.54, 1.807) is 4.90 Å². The molecule has 0 fully saturated rings. The van der Waals surface area contributed by atoms with Crippen LogP contribution in [0.3, 0.4) is 0 Å². The van der Waals surface area contributed by atoms with E-state index in [-0.39, 0.29) is 40.4 Å². The van der Waals surface area contributed by atoms with Crippen LogP contribution in [-0.4, -0.2) is 24.5 Å². The standard InChI is InChI=1S/C3H6NS.Sm/c1-4(2)3-5;/h1-2H3;/q-1;. The van der Waals surface area contributed by atoms with Gasteiger partial charge in [0.25, 0.3) is 0 Å². The molecular weight excluding hydrogens is 232 g/mol. The second kappa shape index (κ2) is 6.23. The van der Waals surface area contributed by atoms with Crippen LogP contribution >= 0.6 is 12.2 Å². The van der Waals surface area contributed by atoms with Crippen LogP contribution in [-0.2, 0) is 0 Å². The van der Waals surface area contributed by atoms with Gasteiger partial charge in [0, 0.05) is 40.4 Å². The molecule has 0 unspecified atom stereocenters. The summed E-state index contributed by atoms with van der Waals surface area (Å²) < 4.78 is 0. The molecule has 6 heavy (non-hydrogen) atoms. The second-order valence-corrected chi connectivity index (χ2v) is 1.17. The third-order valence-electron chi connectivity index (χ3n) is 0.183. The monoisotopic (exact) mass is 240 g/mol. The number of hydrogen-bond acceptors (Lipinski definition) is 1. The summed E-state index contributed by atoms with van der Waals surface area (Å²) in [5.74, 6) is 0. The number of rotatable bonds is 1. The normalized spacial score (nSPS) is 5.67. The first-order chi connectivity index (χ1) is 2.27. The van der Waals surface area contributed by atoms with Gasteiger partial charge in [0.05, 0.1) is 0 Å². The summed E-state index contributed by atoms with van der Waals surface area (Å²) in [6, 6.07) is 0. The summed E-state index contributed by atoms with van der Waals surface area (Å²) in [7, 11) is 3.68. The molecule has 0 aliphatic carbocycles. The maximum Gasteiger partial charge on any atom is 0 e. The fraction of sp³-hybridized carbons (Fsp3) is 0.667. The Hall–Kier alpha value is 1.23. The van der Waals surface area contributed by atoms with Gasteiger partial charge in [0.2, 0.25) is 0 Å². The van der Waals surface area contributed by atoms with Crippen LogP contribution in [0.5, 0.6) is 0 Å². The average Bonchev–Trinajstić information content (AvgIpc) is 1.38. The van der Waals surface area contributed by atoms with Gasteiger partial charge >= 0.3 is 0 Å². The Morgan fingerprint density at radius 2 is 1.67 bits per heavy atom. The van der Waals surface area contributed by atoms with Gasteiger partial charge in [-0.05, 0) is 14.1 Å². The first kappa shape index (κ1) is 10.3. The Balaban J connectivity index is 0. The minimum absolute atomic E-state index is 0. The fourth-order valence-electron chi connectivity index (χ4n) is 0. The van der Waals surface area contributed by atoms with Crippen LogP contribution in [0.1, 0.15) is 0 Å². The van der Waals surface area contributed by atoms with Gasteiger partial charge in [-0.3, -0.25) is 0 Å². The first-order valence-electron chi connectivity index (χ1n) is 1.32. The van der Waals surface area contributed by atoms with Gasteiger partial charge in [-0.1, -0.05) is 0 Å². The van der Waals surface area contributed by atoms with Gasteiger partial charge in [-0.15, -0.1) is 0 Å². The predicted molar refractivity (Wildman–Crippen MR) is 26.3 cm³/mol. The van der Waals surface area contributed by atoms with Crippen molar-refractivity contribution in [2.45, 2.75) is 0 Å². The van der Waals surface area contributed by atoms with Crippen LogP contribution < -0.4 is 0 Å². The van der Waals surface area contributed by atoms with E-state index in [1.807, 2.05) is 14.1 Å². The van der Waals surface area contributed by atoms with Gasteiger partial charge < -0.3 is 22.6 Å². The molecule has 0 aliphatic heterocycles. The fourth-order valence-corrected chi connectivity index (χ4v) is 0. The SMILES string of the molecule is CN(C)[C-]=S.[Sm]. The number of hydrogen-bond donors (Lipinski definition) is 0. The van der Waals surface area contributed by atoms with Crippen molar-refractivity contribution in [2.75, 3.05) is 14.1 Å². The van der Waals surface area contributed by atoms with Crippen LogP contribution in [0.25, 0.3) is 0 Å². The molecule has 0 spiro atoms. The third kappa shape index (κ3) is 8.97. The van der Waals surface area contributed by atoms with Crippen molar-refractivity contribution in [2.24, 2.45) is 0 Å². The van der Waals surface area contributed by atoms with Gasteiger partial charge in [-0.2, -0.15) is 0 Å². The quantitative estimate of drug-likeness (QED) is 0.369. The van der Waals surface area contributed by atoms with E-state index in [4.69, 9.17) is 0 Å². The minimum atomic E-state index is 0. The van der Waals surface area contributed by atoms with E-state index < -0.39 is 0 Å². The summed E-state index contributed by atoms with van der Waals surface area (Å²) in [5, 5.41) is 0. The zero-order valence-corrected chi connectivity index (χ0v) is 7.20. The molecule has 0 radical (unpaired) electrons. The summed E-state index contributed by atoms with van der Waals surface area (Å²) >= 11 is 4.35. The molecule has 0 aromatic rings. The molecule has 0 aromatic carbocycles. The Kier molecular flexibility index (Phi) is 10.6. The van der Waals surface area contributed by atoms with Crippen molar-refractivity contribution < 1.29 is 40.4 Å². The summed E-state index contributed by atoms with van der Waals surface area (Å²) in [5.41, 5.74) is 2.44. The maximum absolute atomic E-state index is 4.35. The molecule has 0 rings (SSSR count). The smallest absolute Gasteiger partial charge is 0 e. The molecule has 0 amide bonds. The molecule has 3 heteroatoms. The molecule has 0 saturated heterocycles. The van der Waals surface area contributed by atoms with Crippen molar-refractivity contribution in [3.05, 3.63) is 0 Å². The number of thiocarbonyl (C=S) groups is 1. The molecule has 1 nitrogen and oxygen atoms in total. The molecule has 0 N–H and O–H groups in total. The molecule has 0 aliphatic rings. The topological polar surface area (TPSA) is 3.24 Å². The minimum Gasteiger partial charge on any atom is -0.549 e. The van der Waals surface area contributed by atoms with Crippen LogP contribution in [0.2, 0.25) is 0 Å². The first-order valence-corrected chi connectivity index (χ1v) is 1.73. The molecule has 0 bridgehead atoms. The summed E-state index contributed by atoms with van der Waals surface area (Å²) in [6.07, 6.45) is 0. The van der Waals surface area contributed by atoms with E-state index >= 15 is 0 Å². The van der Waals surface area contributed by atoms with Gasteiger partial charge in [-0.25, -0.2) is 0 Å². The molecule has 0 saturated carbocycles. The van der Waals surface area contributed by atoms with E-state index in [0.29, 0.717) is 0 Å².